The summed E-state index contributed by atoms with van der Waals surface area (Å²) in [5.41, 5.74) is -1.06. The average molecular weight is 291 g/mol. The van der Waals surface area contributed by atoms with Gasteiger partial charge in [0.2, 0.25) is 0 Å². The zero-order chi connectivity index (χ0) is 14.8. The molecule has 0 amide bonds. The number of alkyl halides is 3. The Balaban J connectivity index is 2.05. The zero-order valence-corrected chi connectivity index (χ0v) is 10.3. The molecule has 110 valence electrons. The Morgan fingerprint density at radius 2 is 2.20 bits per heavy atom. The minimum Gasteiger partial charge on any atom is -0.481 e. The van der Waals surface area contributed by atoms with Crippen LogP contribution in [0.4, 0.5) is 19.0 Å². The highest BCUT2D eigenvalue weighted by atomic mass is 19.4. The smallest absolute Gasteiger partial charge is 0.435 e. The van der Waals surface area contributed by atoms with Crippen molar-refractivity contribution in [2.24, 2.45) is 0 Å². The van der Waals surface area contributed by atoms with Gasteiger partial charge < -0.3 is 14.7 Å². The molecule has 0 aromatic carbocycles. The van der Waals surface area contributed by atoms with Gasteiger partial charge in [0, 0.05) is 13.1 Å². The number of carbonyl (C=O) groups is 1. The first kappa shape index (κ1) is 14.5. The molecule has 1 aromatic rings. The van der Waals surface area contributed by atoms with E-state index in [1.165, 1.54) is 6.07 Å². The summed E-state index contributed by atoms with van der Waals surface area (Å²) >= 11 is 0. The van der Waals surface area contributed by atoms with Crippen molar-refractivity contribution in [1.82, 2.24) is 10.2 Å². The second kappa shape index (κ2) is 5.61. The Bertz CT molecular complexity index is 478. The van der Waals surface area contributed by atoms with E-state index in [1.54, 1.807) is 4.90 Å². The first-order valence-corrected chi connectivity index (χ1v) is 5.85. The molecule has 1 N–H and O–H groups in total. The van der Waals surface area contributed by atoms with Gasteiger partial charge in [-0.15, -0.1) is 10.2 Å². The van der Waals surface area contributed by atoms with Crippen LogP contribution in [-0.2, 0) is 15.7 Å². The molecule has 1 aliphatic heterocycles. The van der Waals surface area contributed by atoms with Crippen molar-refractivity contribution in [3.8, 4) is 0 Å². The van der Waals surface area contributed by atoms with Gasteiger partial charge >= 0.3 is 12.1 Å². The summed E-state index contributed by atoms with van der Waals surface area (Å²) in [6.07, 6.45) is -5.20. The standard InChI is InChI=1S/C11H12F3N3O3/c12-11(13,14)8-1-2-9(16-15-8)17-3-4-20-7(6-17)5-10(18)19/h1-2,7H,3-6H2,(H,18,19). The zero-order valence-electron chi connectivity index (χ0n) is 10.3. The maximum atomic E-state index is 12.4. The Hall–Kier alpha value is -1.90. The number of aromatic nitrogens is 2. The van der Waals surface area contributed by atoms with Gasteiger partial charge in [-0.05, 0) is 12.1 Å². The number of rotatable bonds is 3. The SMILES string of the molecule is O=C(O)CC1CN(c2ccc(C(F)(F)F)nn2)CCO1. The number of anilines is 1. The molecule has 9 heteroatoms. The maximum absolute atomic E-state index is 12.4. The molecule has 0 saturated carbocycles. The van der Waals surface area contributed by atoms with Crippen LogP contribution in [0.3, 0.4) is 0 Å². The molecule has 0 bridgehead atoms. The number of carboxylic acid groups (broad SMARTS) is 1. The van der Waals surface area contributed by atoms with Crippen LogP contribution in [0, 0.1) is 0 Å². The van der Waals surface area contributed by atoms with E-state index < -0.39 is 23.9 Å². The summed E-state index contributed by atoms with van der Waals surface area (Å²) in [6.45, 7) is 0.975. The molecule has 1 atom stereocenters. The molecule has 0 aliphatic carbocycles. The summed E-state index contributed by atoms with van der Waals surface area (Å²) in [4.78, 5) is 12.3. The van der Waals surface area contributed by atoms with Crippen molar-refractivity contribution in [2.45, 2.75) is 18.7 Å². The van der Waals surface area contributed by atoms with E-state index in [0.29, 0.717) is 13.2 Å². The third kappa shape index (κ3) is 3.56. The van der Waals surface area contributed by atoms with Gasteiger partial charge in [0.05, 0.1) is 19.1 Å². The summed E-state index contributed by atoms with van der Waals surface area (Å²) in [7, 11) is 0. The second-order valence-electron chi connectivity index (χ2n) is 4.31. The van der Waals surface area contributed by atoms with Gasteiger partial charge in [-0.1, -0.05) is 0 Å². The number of hydrogen-bond acceptors (Lipinski definition) is 5. The van der Waals surface area contributed by atoms with E-state index in [9.17, 15) is 18.0 Å². The molecule has 1 aromatic heterocycles. The van der Waals surface area contributed by atoms with Crippen molar-refractivity contribution in [3.05, 3.63) is 17.8 Å². The van der Waals surface area contributed by atoms with Crippen LogP contribution in [0.25, 0.3) is 0 Å². The highest BCUT2D eigenvalue weighted by Crippen LogP contribution is 2.27. The fourth-order valence-electron chi connectivity index (χ4n) is 1.89. The Kier molecular flexibility index (Phi) is 4.07. The molecule has 1 unspecified atom stereocenters. The molecule has 0 radical (unpaired) electrons. The fraction of sp³-hybridized carbons (Fsp3) is 0.545. The van der Waals surface area contributed by atoms with Crippen molar-refractivity contribution < 1.29 is 27.8 Å². The number of morpholine rings is 1. The Labute approximate surface area is 112 Å². The van der Waals surface area contributed by atoms with Crippen LogP contribution in [0.1, 0.15) is 12.1 Å². The molecule has 2 rings (SSSR count). The summed E-state index contributed by atoms with van der Waals surface area (Å²) in [6, 6.07) is 2.07. The number of carboxylic acids is 1. The van der Waals surface area contributed by atoms with E-state index >= 15 is 0 Å². The van der Waals surface area contributed by atoms with E-state index in [0.717, 1.165) is 6.07 Å². The van der Waals surface area contributed by atoms with Crippen LogP contribution < -0.4 is 4.90 Å². The summed E-state index contributed by atoms with van der Waals surface area (Å²) in [5, 5.41) is 15.4. The van der Waals surface area contributed by atoms with E-state index in [1.807, 2.05) is 0 Å². The molecular weight excluding hydrogens is 279 g/mol. The lowest BCUT2D eigenvalue weighted by Gasteiger charge is -2.32. The number of halogens is 3. The van der Waals surface area contributed by atoms with E-state index in [-0.39, 0.29) is 18.8 Å². The molecule has 1 fully saturated rings. The quantitative estimate of drug-likeness (QED) is 0.901. The highest BCUT2D eigenvalue weighted by Gasteiger charge is 2.33. The first-order chi connectivity index (χ1) is 9.36. The number of hydrogen-bond donors (Lipinski definition) is 1. The number of nitrogens with zero attached hydrogens (tertiary/aromatic N) is 3. The van der Waals surface area contributed by atoms with Crippen molar-refractivity contribution >= 4 is 11.8 Å². The molecule has 1 saturated heterocycles. The average Bonchev–Trinajstić information content (AvgIpc) is 2.37. The van der Waals surface area contributed by atoms with Gasteiger partial charge in [0.25, 0.3) is 0 Å². The summed E-state index contributed by atoms with van der Waals surface area (Å²) < 4.78 is 42.4. The van der Waals surface area contributed by atoms with Crippen molar-refractivity contribution in [1.29, 1.82) is 0 Å². The van der Waals surface area contributed by atoms with Crippen LogP contribution in [0.5, 0.6) is 0 Å². The van der Waals surface area contributed by atoms with Crippen LogP contribution in [-0.4, -0.2) is 47.1 Å². The fourth-order valence-corrected chi connectivity index (χ4v) is 1.89. The lowest BCUT2D eigenvalue weighted by atomic mass is 10.2. The predicted octanol–water partition coefficient (Wildman–Crippen LogP) is 1.18. The van der Waals surface area contributed by atoms with Crippen molar-refractivity contribution in [2.75, 3.05) is 24.6 Å². The number of ether oxygens (including phenoxy) is 1. The van der Waals surface area contributed by atoms with Crippen LogP contribution in [0.2, 0.25) is 0 Å². The molecule has 6 nitrogen and oxygen atoms in total. The highest BCUT2D eigenvalue weighted by molar-refractivity contribution is 5.67. The van der Waals surface area contributed by atoms with Gasteiger partial charge in [-0.25, -0.2) is 0 Å². The Morgan fingerprint density at radius 3 is 2.75 bits per heavy atom. The normalized spacial score (nSPS) is 19.9. The first-order valence-electron chi connectivity index (χ1n) is 5.85. The van der Waals surface area contributed by atoms with Gasteiger partial charge in [0.15, 0.2) is 11.5 Å². The minimum atomic E-state index is -4.53. The predicted molar refractivity (Wildman–Crippen MR) is 61.2 cm³/mol. The second-order valence-corrected chi connectivity index (χ2v) is 4.31. The lowest BCUT2D eigenvalue weighted by Crippen LogP contribution is -2.43. The molecule has 0 spiro atoms. The van der Waals surface area contributed by atoms with Gasteiger partial charge in [0.1, 0.15) is 0 Å². The monoisotopic (exact) mass is 291 g/mol. The molecule has 1 aliphatic rings. The molecule has 2 heterocycles. The lowest BCUT2D eigenvalue weighted by molar-refractivity contribution is -0.142. The van der Waals surface area contributed by atoms with Crippen molar-refractivity contribution in [3.63, 3.8) is 0 Å². The van der Waals surface area contributed by atoms with Crippen LogP contribution >= 0.6 is 0 Å². The third-order valence-corrected chi connectivity index (χ3v) is 2.81. The minimum absolute atomic E-state index is 0.162. The Morgan fingerprint density at radius 1 is 1.45 bits per heavy atom. The van der Waals surface area contributed by atoms with Crippen LogP contribution in [0.15, 0.2) is 12.1 Å². The third-order valence-electron chi connectivity index (χ3n) is 2.81. The molecule has 20 heavy (non-hydrogen) atoms. The number of aliphatic carboxylic acids is 1. The van der Waals surface area contributed by atoms with E-state index in [2.05, 4.69) is 10.2 Å². The maximum Gasteiger partial charge on any atom is 0.435 e. The topological polar surface area (TPSA) is 75.5 Å². The van der Waals surface area contributed by atoms with E-state index in [4.69, 9.17) is 9.84 Å². The largest absolute Gasteiger partial charge is 0.481 e. The summed E-state index contributed by atoms with van der Waals surface area (Å²) in [5.74, 6) is -0.716. The van der Waals surface area contributed by atoms with Gasteiger partial charge in [-0.3, -0.25) is 4.79 Å². The van der Waals surface area contributed by atoms with Gasteiger partial charge in [-0.2, -0.15) is 13.2 Å². The molecular formula is C11H12F3N3O3.